The lowest BCUT2D eigenvalue weighted by molar-refractivity contribution is 1.29. The number of nitriles is 1. The van der Waals surface area contributed by atoms with Crippen LogP contribution in [0, 0.1) is 11.3 Å². The number of nitrogens with zero attached hydrogens (tertiary/aromatic N) is 4. The highest BCUT2D eigenvalue weighted by atomic mass is 32.1. The first-order valence-corrected chi connectivity index (χ1v) is 20.7. The van der Waals surface area contributed by atoms with Gasteiger partial charge in [0.25, 0.3) is 0 Å². The molecule has 0 saturated carbocycles. The minimum atomic E-state index is 0.694. The molecule has 7 heteroatoms. The zero-order valence-electron chi connectivity index (χ0n) is 29.7. The smallest absolute Gasteiger partial charge is 0.124 e. The van der Waals surface area contributed by atoms with Gasteiger partial charge in [0.1, 0.15) is 10.0 Å². The van der Waals surface area contributed by atoms with E-state index >= 15 is 0 Å². The molecule has 56 heavy (non-hydrogen) atoms. The van der Waals surface area contributed by atoms with Gasteiger partial charge < -0.3 is 4.90 Å². The van der Waals surface area contributed by atoms with Crippen molar-refractivity contribution in [2.24, 2.45) is 0 Å². The summed E-state index contributed by atoms with van der Waals surface area (Å²) in [4.78, 5) is 12.1. The number of hydrogen-bond donors (Lipinski definition) is 0. The van der Waals surface area contributed by atoms with Gasteiger partial charge in [-0.15, -0.1) is 34.0 Å². The Morgan fingerprint density at radius 3 is 1.54 bits per heavy atom. The maximum Gasteiger partial charge on any atom is 0.124 e. The Labute approximate surface area is 334 Å². The maximum absolute atomic E-state index is 9.40. The molecule has 11 rings (SSSR count). The molecular formula is C49H28N4S3. The summed E-state index contributed by atoms with van der Waals surface area (Å²) >= 11 is 5.19. The van der Waals surface area contributed by atoms with Gasteiger partial charge in [0, 0.05) is 48.4 Å². The molecule has 11 aromatic rings. The Morgan fingerprint density at radius 1 is 0.411 bits per heavy atom. The largest absolute Gasteiger partial charge is 0.310 e. The van der Waals surface area contributed by atoms with E-state index in [4.69, 9.17) is 9.97 Å². The van der Waals surface area contributed by atoms with Crippen molar-refractivity contribution in [3.8, 4) is 38.3 Å². The molecule has 8 aromatic carbocycles. The van der Waals surface area contributed by atoms with Crippen molar-refractivity contribution in [3.63, 3.8) is 0 Å². The number of fused-ring (bicyclic) bond motifs is 6. The number of hydrogen-bond acceptors (Lipinski definition) is 7. The molecule has 0 unspecified atom stereocenters. The summed E-state index contributed by atoms with van der Waals surface area (Å²) < 4.78 is 4.75. The van der Waals surface area contributed by atoms with Crippen molar-refractivity contribution in [1.82, 2.24) is 9.97 Å². The molecule has 0 atom stereocenters. The van der Waals surface area contributed by atoms with E-state index < -0.39 is 0 Å². The van der Waals surface area contributed by atoms with Gasteiger partial charge in [0.15, 0.2) is 0 Å². The summed E-state index contributed by atoms with van der Waals surface area (Å²) in [5.74, 6) is 0. The average molecular weight is 769 g/mol. The second-order valence-electron chi connectivity index (χ2n) is 13.8. The van der Waals surface area contributed by atoms with E-state index in [1.807, 2.05) is 24.3 Å². The molecule has 262 valence electrons. The van der Waals surface area contributed by atoms with Gasteiger partial charge in [-0.2, -0.15) is 5.26 Å². The van der Waals surface area contributed by atoms with E-state index in [1.165, 1.54) is 46.8 Å². The molecule has 4 nitrogen and oxygen atoms in total. The van der Waals surface area contributed by atoms with Crippen LogP contribution in [0.5, 0.6) is 0 Å². The highest BCUT2D eigenvalue weighted by molar-refractivity contribution is 7.26. The van der Waals surface area contributed by atoms with E-state index in [0.29, 0.717) is 5.56 Å². The first kappa shape index (κ1) is 32.7. The van der Waals surface area contributed by atoms with Crippen LogP contribution in [-0.4, -0.2) is 9.97 Å². The molecule has 0 spiro atoms. The topological polar surface area (TPSA) is 52.8 Å². The van der Waals surface area contributed by atoms with Gasteiger partial charge in [-0.05, 0) is 131 Å². The first-order valence-electron chi connectivity index (χ1n) is 18.3. The minimum absolute atomic E-state index is 0.694. The zero-order valence-corrected chi connectivity index (χ0v) is 32.1. The quantitative estimate of drug-likeness (QED) is 0.169. The van der Waals surface area contributed by atoms with Crippen molar-refractivity contribution in [2.75, 3.05) is 4.90 Å². The van der Waals surface area contributed by atoms with Gasteiger partial charge >= 0.3 is 0 Å². The van der Waals surface area contributed by atoms with Crippen LogP contribution in [0.15, 0.2) is 170 Å². The van der Waals surface area contributed by atoms with Gasteiger partial charge in [-0.3, -0.25) is 0 Å². The lowest BCUT2D eigenvalue weighted by Gasteiger charge is -2.26. The highest BCUT2D eigenvalue weighted by Crippen LogP contribution is 2.41. The molecule has 0 amide bonds. The van der Waals surface area contributed by atoms with E-state index in [1.54, 1.807) is 34.0 Å². The molecule has 0 radical (unpaired) electrons. The summed E-state index contributed by atoms with van der Waals surface area (Å²) in [5.41, 5.74) is 10.5. The fourth-order valence-electron chi connectivity index (χ4n) is 7.52. The van der Waals surface area contributed by atoms with E-state index in [2.05, 4.69) is 157 Å². The number of thiophene rings is 1. The maximum atomic E-state index is 9.40. The molecule has 0 aliphatic carbocycles. The zero-order chi connectivity index (χ0) is 37.2. The molecule has 0 aliphatic rings. The number of anilines is 3. The normalized spacial score (nSPS) is 11.6. The second kappa shape index (κ2) is 13.3. The van der Waals surface area contributed by atoms with Crippen LogP contribution in [0.3, 0.4) is 0 Å². The van der Waals surface area contributed by atoms with Crippen LogP contribution >= 0.6 is 34.0 Å². The Bertz CT molecular complexity index is 3150. The summed E-state index contributed by atoms with van der Waals surface area (Å²) in [6, 6.07) is 62.5. The lowest BCUT2D eigenvalue weighted by Crippen LogP contribution is -2.09. The van der Waals surface area contributed by atoms with Crippen molar-refractivity contribution in [1.29, 1.82) is 5.26 Å². The molecule has 0 fully saturated rings. The minimum Gasteiger partial charge on any atom is -0.310 e. The van der Waals surface area contributed by atoms with E-state index in [9.17, 15) is 5.26 Å². The summed E-state index contributed by atoms with van der Waals surface area (Å²) in [6.07, 6.45) is 0. The SMILES string of the molecule is N#Cc1ccc2c(c1)sc1cc(-c3ccc4cc(N(c5ccc(-c6nc7ccccc7s6)cc5)c5ccc(-c6nc7ccccc7s6)cc5)ccc4c3)ccc12. The Hall–Kier alpha value is -6.69. The van der Waals surface area contributed by atoms with Crippen LogP contribution in [0.4, 0.5) is 17.1 Å². The number of thiazole rings is 2. The van der Waals surface area contributed by atoms with Crippen LogP contribution < -0.4 is 4.90 Å². The number of rotatable bonds is 6. The molecule has 0 bridgehead atoms. The molecule has 0 aliphatic heterocycles. The number of benzene rings is 8. The number of para-hydroxylation sites is 2. The van der Waals surface area contributed by atoms with Gasteiger partial charge in [-0.25, -0.2) is 9.97 Å². The molecular weight excluding hydrogens is 741 g/mol. The van der Waals surface area contributed by atoms with Crippen molar-refractivity contribution in [3.05, 3.63) is 175 Å². The number of aromatic nitrogens is 2. The predicted molar refractivity (Wildman–Crippen MR) is 239 cm³/mol. The molecule has 3 aromatic heterocycles. The van der Waals surface area contributed by atoms with Crippen LogP contribution in [0.1, 0.15) is 5.56 Å². The van der Waals surface area contributed by atoms with Crippen LogP contribution in [-0.2, 0) is 0 Å². The monoisotopic (exact) mass is 768 g/mol. The van der Waals surface area contributed by atoms with Crippen LogP contribution in [0.2, 0.25) is 0 Å². The first-order chi connectivity index (χ1) is 27.6. The highest BCUT2D eigenvalue weighted by Gasteiger charge is 2.16. The standard InChI is InChI=1S/C49H28N4S3/c50-29-30-9-23-40-41-24-17-36(28-47(41)54-46(40)25-30)33-10-11-35-27-39(22-16-34(35)26-33)53(37-18-12-31(13-19-37)48-51-42-5-1-3-7-44(42)55-48)38-20-14-32(15-21-38)49-52-43-6-2-4-8-45(43)56-49/h1-28H. The third-order valence-electron chi connectivity index (χ3n) is 10.4. The third-order valence-corrected chi connectivity index (χ3v) is 13.6. The van der Waals surface area contributed by atoms with Crippen LogP contribution in [0.25, 0.3) is 83.6 Å². The fourth-order valence-corrected chi connectivity index (χ4v) is 10.6. The molecule has 0 saturated heterocycles. The Balaban J connectivity index is 0.965. The van der Waals surface area contributed by atoms with Gasteiger partial charge in [-0.1, -0.05) is 60.7 Å². The molecule has 0 N–H and O–H groups in total. The average Bonchev–Trinajstić information content (AvgIpc) is 3.99. The molecule has 3 heterocycles. The van der Waals surface area contributed by atoms with Crippen molar-refractivity contribution >= 4 is 102 Å². The second-order valence-corrected chi connectivity index (χ2v) is 16.9. The Morgan fingerprint density at radius 2 is 0.911 bits per heavy atom. The Kier molecular flexibility index (Phi) is 7.75. The van der Waals surface area contributed by atoms with Gasteiger partial charge in [0.05, 0.1) is 32.1 Å². The summed E-state index contributed by atoms with van der Waals surface area (Å²) in [6.45, 7) is 0. The summed E-state index contributed by atoms with van der Waals surface area (Å²) in [7, 11) is 0. The fraction of sp³-hybridized carbons (Fsp3) is 0. The van der Waals surface area contributed by atoms with Crippen molar-refractivity contribution < 1.29 is 0 Å². The van der Waals surface area contributed by atoms with Gasteiger partial charge in [0.2, 0.25) is 0 Å². The summed E-state index contributed by atoms with van der Waals surface area (Å²) in [5, 5.41) is 16.2. The van der Waals surface area contributed by atoms with Crippen molar-refractivity contribution in [2.45, 2.75) is 0 Å². The third kappa shape index (κ3) is 5.71. The van der Waals surface area contributed by atoms with E-state index in [0.717, 1.165) is 53.9 Å². The lowest BCUT2D eigenvalue weighted by atomic mass is 9.99. The predicted octanol–water partition coefficient (Wildman–Crippen LogP) is 14.8. The van der Waals surface area contributed by atoms with E-state index in [-0.39, 0.29) is 0 Å².